The Labute approximate surface area is 305 Å². The number of rotatable bonds is 5. The van der Waals surface area contributed by atoms with E-state index < -0.39 is 104 Å². The third kappa shape index (κ3) is 5.32. The van der Waals surface area contributed by atoms with Crippen LogP contribution >= 0.6 is 23.2 Å². The number of phenols is 1. The summed E-state index contributed by atoms with van der Waals surface area (Å²) >= 11 is 14.5. The molecular weight excluding hydrogens is 760 g/mol. The van der Waals surface area contributed by atoms with Gasteiger partial charge in [-0.15, -0.1) is 23.2 Å². The van der Waals surface area contributed by atoms with Crippen LogP contribution in [0.15, 0.2) is 72.3 Å². The standard InChI is InChI=1S/C36H25Cl2F7N2O6/c1-2-53-25-5-3-4-23(28(25)48)27-21-10-11-22-26(30(50)46(29(22)49)20-13-16(35(40,41)42)12-17(14-20)36(43,44)45)24(21)15-33(37)31(51)47(32(52)34(27,33)38)19-8-6-18(39)7-9-19/h3-10,12-14,22,24,26-27,48H,2,11,15H2,1H3/t22-,24+,26-,27+,33+,34-/m0/s1. The molecule has 8 nitrogen and oxygen atoms in total. The number of para-hydroxylation sites is 1. The van der Waals surface area contributed by atoms with Crippen molar-refractivity contribution in [3.05, 3.63) is 94.8 Å². The third-order valence-corrected chi connectivity index (χ3v) is 11.8. The topological polar surface area (TPSA) is 104 Å². The van der Waals surface area contributed by atoms with Crippen molar-refractivity contribution in [2.24, 2.45) is 17.8 Å². The Hall–Kier alpha value is -4.63. The lowest BCUT2D eigenvalue weighted by Gasteiger charge is -2.50. The van der Waals surface area contributed by atoms with Crippen LogP contribution in [0.1, 0.15) is 42.4 Å². The fraction of sp³-hybridized carbons (Fsp3) is 0.333. The van der Waals surface area contributed by atoms with E-state index in [2.05, 4.69) is 0 Å². The minimum absolute atomic E-state index is 0.0441. The molecule has 2 aliphatic heterocycles. The molecule has 0 unspecified atom stereocenters. The second-order valence-electron chi connectivity index (χ2n) is 13.2. The van der Waals surface area contributed by atoms with Crippen LogP contribution in [-0.4, -0.2) is 45.1 Å². The van der Waals surface area contributed by atoms with Crippen molar-refractivity contribution in [2.45, 2.75) is 47.8 Å². The Morgan fingerprint density at radius 2 is 1.45 bits per heavy atom. The van der Waals surface area contributed by atoms with Crippen LogP contribution in [0.2, 0.25) is 0 Å². The molecule has 1 N–H and O–H groups in total. The highest BCUT2D eigenvalue weighted by Crippen LogP contribution is 2.67. The summed E-state index contributed by atoms with van der Waals surface area (Å²) in [4.78, 5) is 53.1. The van der Waals surface area contributed by atoms with Crippen molar-refractivity contribution >= 4 is 58.2 Å². The van der Waals surface area contributed by atoms with E-state index in [1.54, 1.807) is 6.92 Å². The fourth-order valence-corrected chi connectivity index (χ4v) is 9.04. The summed E-state index contributed by atoms with van der Waals surface area (Å²) in [5, 5.41) is 11.5. The Morgan fingerprint density at radius 1 is 0.830 bits per heavy atom. The first kappa shape index (κ1) is 36.7. The summed E-state index contributed by atoms with van der Waals surface area (Å²) in [6.07, 6.45) is -9.98. The molecule has 3 aromatic carbocycles. The number of benzene rings is 3. The molecule has 6 atom stereocenters. The highest BCUT2D eigenvalue weighted by molar-refractivity contribution is 6.58. The van der Waals surface area contributed by atoms with Crippen LogP contribution in [0.25, 0.3) is 0 Å². The zero-order chi connectivity index (χ0) is 38.6. The zero-order valence-corrected chi connectivity index (χ0v) is 28.6. The van der Waals surface area contributed by atoms with Crippen LogP contribution in [0, 0.1) is 23.6 Å². The van der Waals surface area contributed by atoms with Crippen LogP contribution in [-0.2, 0) is 31.5 Å². The van der Waals surface area contributed by atoms with Gasteiger partial charge in [0.15, 0.2) is 21.2 Å². The maximum atomic E-state index is 14.5. The first-order valence-corrected chi connectivity index (χ1v) is 16.9. The van der Waals surface area contributed by atoms with E-state index in [1.807, 2.05) is 0 Å². The van der Waals surface area contributed by atoms with E-state index in [-0.39, 0.29) is 58.7 Å². The minimum atomic E-state index is -5.28. The predicted octanol–water partition coefficient (Wildman–Crippen LogP) is 7.74. The van der Waals surface area contributed by atoms with Gasteiger partial charge in [-0.2, -0.15) is 26.3 Å². The summed E-state index contributed by atoms with van der Waals surface area (Å²) in [5.74, 6) is -11.2. The predicted molar refractivity (Wildman–Crippen MR) is 175 cm³/mol. The van der Waals surface area contributed by atoms with Gasteiger partial charge in [-0.05, 0) is 74.2 Å². The van der Waals surface area contributed by atoms with Crippen molar-refractivity contribution in [3.8, 4) is 11.5 Å². The Balaban J connectivity index is 1.40. The first-order chi connectivity index (χ1) is 24.8. The third-order valence-electron chi connectivity index (χ3n) is 10.4. The maximum absolute atomic E-state index is 14.5. The molecule has 278 valence electrons. The molecule has 2 saturated heterocycles. The average Bonchev–Trinajstić information content (AvgIpc) is 3.43. The van der Waals surface area contributed by atoms with Crippen LogP contribution in [0.3, 0.4) is 0 Å². The average molecular weight is 785 g/mol. The molecule has 1 saturated carbocycles. The highest BCUT2D eigenvalue weighted by atomic mass is 35.5. The molecule has 7 rings (SSSR count). The SMILES string of the molecule is CCOc1cccc([C@H]2C3=CC[C@@H]4C(=O)N(c5cc(C(F)(F)F)cc(C(F)(F)F)c5)C(=O)[C@@H]4[C@@H]3C[C@@]3(Cl)C(=O)N(c4ccc(F)cc4)C(=O)[C@@]23Cl)c1O. The normalized spacial score (nSPS) is 28.5. The van der Waals surface area contributed by atoms with Crippen molar-refractivity contribution in [1.29, 1.82) is 0 Å². The van der Waals surface area contributed by atoms with Gasteiger partial charge in [0.25, 0.3) is 11.8 Å². The Morgan fingerprint density at radius 3 is 2.04 bits per heavy atom. The van der Waals surface area contributed by atoms with E-state index in [4.69, 9.17) is 27.9 Å². The van der Waals surface area contributed by atoms with Gasteiger partial charge in [0.05, 0.1) is 40.9 Å². The highest BCUT2D eigenvalue weighted by Gasteiger charge is 2.77. The van der Waals surface area contributed by atoms with Crippen LogP contribution < -0.4 is 14.5 Å². The minimum Gasteiger partial charge on any atom is -0.504 e. The van der Waals surface area contributed by atoms with Crippen molar-refractivity contribution in [2.75, 3.05) is 16.4 Å². The number of hydrogen-bond acceptors (Lipinski definition) is 6. The van der Waals surface area contributed by atoms with Gasteiger partial charge in [-0.1, -0.05) is 23.8 Å². The summed E-state index contributed by atoms with van der Waals surface area (Å²) in [7, 11) is 0. The number of hydrogen-bond donors (Lipinski definition) is 1. The van der Waals surface area contributed by atoms with Crippen LogP contribution in [0.4, 0.5) is 42.1 Å². The molecule has 2 aliphatic carbocycles. The van der Waals surface area contributed by atoms with E-state index >= 15 is 0 Å². The zero-order valence-electron chi connectivity index (χ0n) is 27.1. The lowest BCUT2D eigenvalue weighted by atomic mass is 9.56. The van der Waals surface area contributed by atoms with Gasteiger partial charge >= 0.3 is 12.4 Å². The fourth-order valence-electron chi connectivity index (χ4n) is 8.11. The number of phenolic OH excluding ortho intramolecular Hbond substituents is 1. The molecule has 0 radical (unpaired) electrons. The van der Waals surface area contributed by atoms with Crippen molar-refractivity contribution < 1.29 is 59.8 Å². The molecule has 4 amide bonds. The second-order valence-corrected chi connectivity index (χ2v) is 14.4. The molecule has 3 aromatic rings. The van der Waals surface area contributed by atoms with E-state index in [1.165, 1.54) is 24.3 Å². The number of anilines is 2. The van der Waals surface area contributed by atoms with E-state index in [0.717, 1.165) is 24.3 Å². The monoisotopic (exact) mass is 784 g/mol. The van der Waals surface area contributed by atoms with Gasteiger partial charge in [-0.3, -0.25) is 19.2 Å². The number of halogens is 9. The number of imide groups is 2. The molecule has 0 aromatic heterocycles. The van der Waals surface area contributed by atoms with Crippen LogP contribution in [0.5, 0.6) is 11.5 Å². The molecule has 0 spiro atoms. The molecule has 3 fully saturated rings. The number of fused-ring (bicyclic) bond motifs is 4. The number of amides is 4. The van der Waals surface area contributed by atoms with Gasteiger partial charge in [0, 0.05) is 11.5 Å². The quantitative estimate of drug-likeness (QED) is 0.123. The summed E-state index contributed by atoms with van der Waals surface area (Å²) < 4.78 is 102. The lowest BCUT2D eigenvalue weighted by molar-refractivity contribution is -0.143. The molecular formula is C36H25Cl2F7N2O6. The first-order valence-electron chi connectivity index (χ1n) is 16.1. The molecule has 0 bridgehead atoms. The summed E-state index contributed by atoms with van der Waals surface area (Å²) in [5.41, 5.74) is -4.46. The molecule has 17 heteroatoms. The number of carbonyl (C=O) groups excluding carboxylic acids is 4. The lowest BCUT2D eigenvalue weighted by Crippen LogP contribution is -2.60. The second kappa shape index (κ2) is 12.2. The molecule has 53 heavy (non-hydrogen) atoms. The number of aromatic hydroxyl groups is 1. The maximum Gasteiger partial charge on any atom is 0.416 e. The largest absolute Gasteiger partial charge is 0.504 e. The van der Waals surface area contributed by atoms with Gasteiger partial charge in [0.1, 0.15) is 5.82 Å². The molecule has 4 aliphatic rings. The smallest absolute Gasteiger partial charge is 0.416 e. The number of nitrogens with zero attached hydrogens (tertiary/aromatic N) is 2. The van der Waals surface area contributed by atoms with Gasteiger partial charge in [-0.25, -0.2) is 14.2 Å². The van der Waals surface area contributed by atoms with Crippen molar-refractivity contribution in [3.63, 3.8) is 0 Å². The summed E-state index contributed by atoms with van der Waals surface area (Å²) in [6, 6.07) is 8.89. The number of ether oxygens (including phenoxy) is 1. The van der Waals surface area contributed by atoms with Gasteiger partial charge < -0.3 is 9.84 Å². The number of carbonyl (C=O) groups is 4. The number of allylic oxidation sites excluding steroid dienone is 2. The van der Waals surface area contributed by atoms with E-state index in [9.17, 15) is 55.0 Å². The van der Waals surface area contributed by atoms with Crippen molar-refractivity contribution in [1.82, 2.24) is 0 Å². The molecule has 2 heterocycles. The summed E-state index contributed by atoms with van der Waals surface area (Å²) in [6.45, 7) is 1.73. The Bertz CT molecular complexity index is 2090. The number of alkyl halides is 8. The Kier molecular flexibility index (Phi) is 8.45. The van der Waals surface area contributed by atoms with Gasteiger partial charge in [0.2, 0.25) is 11.8 Å². The van der Waals surface area contributed by atoms with E-state index in [0.29, 0.717) is 4.90 Å².